The Labute approximate surface area is 186 Å². The maximum absolute atomic E-state index is 12.9. The van der Waals surface area contributed by atoms with E-state index in [9.17, 15) is 18.4 Å². The highest BCUT2D eigenvalue weighted by atomic mass is 32.2. The molecule has 0 unspecified atom stereocenters. The predicted octanol–water partition coefficient (Wildman–Crippen LogP) is 4.00. The van der Waals surface area contributed by atoms with Crippen LogP contribution in [0.15, 0.2) is 42.5 Å². The summed E-state index contributed by atoms with van der Waals surface area (Å²) in [7, 11) is -1.87. The van der Waals surface area contributed by atoms with Gasteiger partial charge in [0.2, 0.25) is 0 Å². The summed E-state index contributed by atoms with van der Waals surface area (Å²) in [5, 5.41) is 10.0. The molecule has 0 aromatic heterocycles. The van der Waals surface area contributed by atoms with Crippen LogP contribution in [0, 0.1) is 17.3 Å². The number of amides is 1. The quantitative estimate of drug-likeness (QED) is 0.332. The molecule has 0 radical (unpaired) electrons. The van der Waals surface area contributed by atoms with Crippen LogP contribution in [0.25, 0.3) is 0 Å². The van der Waals surface area contributed by atoms with Gasteiger partial charge in [0, 0.05) is 18.4 Å². The lowest BCUT2D eigenvalue weighted by Gasteiger charge is -2.27. The minimum atomic E-state index is -3.22. The molecule has 3 rings (SSSR count). The summed E-state index contributed by atoms with van der Waals surface area (Å²) in [4.78, 5) is 12.0. The number of carbonyl (C=O) groups is 1. The van der Waals surface area contributed by atoms with Crippen molar-refractivity contribution in [2.45, 2.75) is 63.9 Å². The van der Waals surface area contributed by atoms with Gasteiger partial charge >= 0.3 is 0 Å². The number of hydrogen-bond donors (Lipinski definition) is 1. The minimum absolute atomic E-state index is 0.0400. The number of hydroxylamine groups is 2. The van der Waals surface area contributed by atoms with Crippen molar-refractivity contribution >= 4 is 15.7 Å². The topological polar surface area (TPSA) is 83.9 Å². The van der Waals surface area contributed by atoms with E-state index in [0.29, 0.717) is 11.5 Å². The highest BCUT2D eigenvalue weighted by Crippen LogP contribution is 2.46. The second-order valence-corrected chi connectivity index (χ2v) is 11.7. The zero-order chi connectivity index (χ0) is 22.6. The van der Waals surface area contributed by atoms with Crippen molar-refractivity contribution in [1.29, 1.82) is 0 Å². The van der Waals surface area contributed by atoms with Gasteiger partial charge in [-0.25, -0.2) is 13.5 Å². The van der Waals surface area contributed by atoms with E-state index in [2.05, 4.69) is 12.2 Å². The van der Waals surface area contributed by atoms with Gasteiger partial charge in [-0.1, -0.05) is 56.3 Å². The van der Waals surface area contributed by atoms with Crippen LogP contribution in [0.1, 0.15) is 51.5 Å². The number of ether oxygens (including phenoxy) is 1. The highest BCUT2D eigenvalue weighted by molar-refractivity contribution is 7.90. The minimum Gasteiger partial charge on any atom is -0.374 e. The van der Waals surface area contributed by atoms with E-state index >= 15 is 0 Å². The van der Waals surface area contributed by atoms with E-state index in [1.165, 1.54) is 7.05 Å². The van der Waals surface area contributed by atoms with Crippen LogP contribution < -0.4 is 0 Å². The zero-order valence-corrected chi connectivity index (χ0v) is 19.6. The Balaban J connectivity index is 1.55. The molecular weight excluding hydrogens is 414 g/mol. The monoisotopic (exact) mass is 449 g/mol. The Morgan fingerprint density at radius 3 is 2.45 bits per heavy atom. The number of sulfone groups is 1. The molecule has 6 nitrogen and oxygen atoms in total. The first-order chi connectivity index (χ1) is 14.6. The van der Waals surface area contributed by atoms with Crippen molar-refractivity contribution in [3.8, 4) is 0 Å². The largest absolute Gasteiger partial charge is 0.374 e. The predicted molar refractivity (Wildman–Crippen MR) is 120 cm³/mol. The van der Waals surface area contributed by atoms with Crippen molar-refractivity contribution in [2.75, 3.05) is 12.8 Å². The second-order valence-electron chi connectivity index (χ2n) is 9.62. The number of hydrogen-bond acceptors (Lipinski definition) is 5. The van der Waals surface area contributed by atoms with Gasteiger partial charge in [-0.3, -0.25) is 10.0 Å². The third-order valence-corrected chi connectivity index (χ3v) is 8.32. The summed E-state index contributed by atoms with van der Waals surface area (Å²) in [5.74, 6) is 0.210. The molecule has 1 aromatic carbocycles. The molecule has 2 bridgehead atoms. The molecule has 2 fully saturated rings. The zero-order valence-electron chi connectivity index (χ0n) is 18.7. The van der Waals surface area contributed by atoms with Crippen LogP contribution >= 0.6 is 0 Å². The number of rotatable bonds is 10. The smallest absolute Gasteiger partial charge is 0.251 e. The van der Waals surface area contributed by atoms with Crippen molar-refractivity contribution in [2.24, 2.45) is 17.3 Å². The van der Waals surface area contributed by atoms with E-state index in [1.807, 2.05) is 44.2 Å². The molecule has 2 aliphatic rings. The molecule has 0 aliphatic carbocycles. The van der Waals surface area contributed by atoms with E-state index in [4.69, 9.17) is 4.74 Å². The fourth-order valence-corrected chi connectivity index (χ4v) is 6.84. The van der Waals surface area contributed by atoms with Crippen molar-refractivity contribution in [3.05, 3.63) is 48.0 Å². The molecule has 1 aromatic rings. The Morgan fingerprint density at radius 2 is 1.81 bits per heavy atom. The molecule has 0 saturated carbocycles. The van der Waals surface area contributed by atoms with E-state index in [-0.39, 0.29) is 41.5 Å². The summed E-state index contributed by atoms with van der Waals surface area (Å²) < 4.78 is 31.8. The van der Waals surface area contributed by atoms with Gasteiger partial charge in [0.05, 0.1) is 23.7 Å². The molecule has 2 aliphatic heterocycles. The molecule has 2 heterocycles. The van der Waals surface area contributed by atoms with Gasteiger partial charge in [-0.05, 0) is 43.6 Å². The Hall–Kier alpha value is -1.70. The van der Waals surface area contributed by atoms with E-state index in [0.717, 1.165) is 31.2 Å². The number of nitrogens with zero attached hydrogens (tertiary/aromatic N) is 1. The van der Waals surface area contributed by atoms with Crippen molar-refractivity contribution in [1.82, 2.24) is 5.06 Å². The van der Waals surface area contributed by atoms with Gasteiger partial charge < -0.3 is 4.74 Å². The summed E-state index contributed by atoms with van der Waals surface area (Å²) in [6.07, 6.45) is 8.46. The molecule has 31 heavy (non-hydrogen) atoms. The Kier molecular flexibility index (Phi) is 7.60. The standard InChI is InChI=1S/C24H35NO5S/c1-24(2,23(26)25(3)27)15-9-5-8-12-19-20(22-14-13-21(19)30-22)17-31(28,29)16-18-10-6-4-7-11-18/h4-8,10-11,19-22,27H,9,12-17H2,1-3H3/b8-5-/t19-,20+,21-,22+/m0/s1. The number of benzene rings is 1. The lowest BCUT2D eigenvalue weighted by Crippen LogP contribution is -2.36. The number of carbonyl (C=O) groups excluding carboxylic acids is 1. The third-order valence-electron chi connectivity index (χ3n) is 6.65. The average Bonchev–Trinajstić information content (AvgIpc) is 3.29. The van der Waals surface area contributed by atoms with E-state index in [1.54, 1.807) is 0 Å². The second kappa shape index (κ2) is 9.84. The van der Waals surface area contributed by atoms with Gasteiger partial charge in [0.15, 0.2) is 9.84 Å². The SMILES string of the molecule is CN(O)C(=O)C(C)(C)CC/C=C\C[C@H]1[C@@H](CS(=O)(=O)Cc2ccccc2)[C@H]2CC[C@@H]1O2. The number of allylic oxidation sites excluding steroid dienone is 2. The van der Waals surface area contributed by atoms with Crippen LogP contribution in [0.5, 0.6) is 0 Å². The Bertz CT molecular complexity index is 878. The summed E-state index contributed by atoms with van der Waals surface area (Å²) in [6.45, 7) is 3.65. The summed E-state index contributed by atoms with van der Waals surface area (Å²) >= 11 is 0. The van der Waals surface area contributed by atoms with Crippen LogP contribution in [0.4, 0.5) is 0 Å². The molecule has 172 valence electrons. The van der Waals surface area contributed by atoms with Crippen LogP contribution in [-0.2, 0) is 25.1 Å². The summed E-state index contributed by atoms with van der Waals surface area (Å²) in [6, 6.07) is 9.34. The van der Waals surface area contributed by atoms with Crippen LogP contribution in [-0.4, -0.2) is 49.6 Å². The maximum Gasteiger partial charge on any atom is 0.251 e. The van der Waals surface area contributed by atoms with Crippen LogP contribution in [0.2, 0.25) is 0 Å². The molecule has 2 saturated heterocycles. The summed E-state index contributed by atoms with van der Waals surface area (Å²) in [5.41, 5.74) is 0.200. The molecular formula is C24H35NO5S. The fourth-order valence-electron chi connectivity index (χ4n) is 4.97. The molecule has 7 heteroatoms. The Morgan fingerprint density at radius 1 is 1.16 bits per heavy atom. The van der Waals surface area contributed by atoms with Crippen molar-refractivity contribution in [3.63, 3.8) is 0 Å². The normalized spacial score (nSPS) is 25.9. The molecule has 0 spiro atoms. The number of fused-ring (bicyclic) bond motifs is 2. The average molecular weight is 450 g/mol. The first kappa shape index (κ1) is 24.0. The molecule has 4 atom stereocenters. The lowest BCUT2D eigenvalue weighted by molar-refractivity contribution is -0.169. The maximum atomic E-state index is 12.9. The van der Waals surface area contributed by atoms with Gasteiger partial charge in [-0.2, -0.15) is 0 Å². The van der Waals surface area contributed by atoms with Crippen LogP contribution in [0.3, 0.4) is 0 Å². The molecule has 1 N–H and O–H groups in total. The molecule has 1 amide bonds. The first-order valence-corrected chi connectivity index (χ1v) is 12.9. The van der Waals surface area contributed by atoms with Gasteiger partial charge in [-0.15, -0.1) is 0 Å². The highest BCUT2D eigenvalue weighted by Gasteiger charge is 2.49. The van der Waals surface area contributed by atoms with Crippen molar-refractivity contribution < 1.29 is 23.2 Å². The lowest BCUT2D eigenvalue weighted by atomic mass is 9.78. The first-order valence-electron chi connectivity index (χ1n) is 11.1. The van der Waals surface area contributed by atoms with Gasteiger partial charge in [0.1, 0.15) is 0 Å². The fraction of sp³-hybridized carbons (Fsp3) is 0.625. The van der Waals surface area contributed by atoms with E-state index < -0.39 is 15.3 Å². The third kappa shape index (κ3) is 6.18. The van der Waals surface area contributed by atoms with Gasteiger partial charge in [0.25, 0.3) is 5.91 Å².